The van der Waals surface area contributed by atoms with E-state index in [-0.39, 0.29) is 5.76 Å². The lowest BCUT2D eigenvalue weighted by Crippen LogP contribution is -2.29. The first-order valence-electron chi connectivity index (χ1n) is 5.44. The number of pyridine rings is 1. The number of aryl methyl sites for hydroxylation is 1. The van der Waals surface area contributed by atoms with Gasteiger partial charge >= 0.3 is 5.91 Å². The summed E-state index contributed by atoms with van der Waals surface area (Å²) in [6.07, 6.45) is 1.60. The van der Waals surface area contributed by atoms with Crippen LogP contribution in [0.4, 0.5) is 0 Å². The van der Waals surface area contributed by atoms with E-state index in [1.54, 1.807) is 25.3 Å². The van der Waals surface area contributed by atoms with Crippen molar-refractivity contribution in [3.05, 3.63) is 46.5 Å². The van der Waals surface area contributed by atoms with Crippen LogP contribution in [0.25, 0.3) is 0 Å². The van der Waals surface area contributed by atoms with Gasteiger partial charge in [-0.1, -0.05) is 11.6 Å². The zero-order chi connectivity index (χ0) is 13.8. The molecule has 2 rings (SSSR count). The van der Waals surface area contributed by atoms with Gasteiger partial charge in [0, 0.05) is 17.5 Å². The van der Waals surface area contributed by atoms with Crippen molar-refractivity contribution in [1.82, 2.24) is 10.4 Å². The van der Waals surface area contributed by atoms with E-state index < -0.39 is 5.91 Å². The minimum Gasteiger partial charge on any atom is -0.456 e. The highest BCUT2D eigenvalue weighted by Crippen LogP contribution is 2.25. The number of hydrogen-bond acceptors (Lipinski definition) is 5. The Hall–Kier alpha value is -1.50. The lowest BCUT2D eigenvalue weighted by molar-refractivity contribution is 0.0924. The van der Waals surface area contributed by atoms with E-state index in [1.165, 1.54) is 11.8 Å². The molecule has 0 spiro atoms. The van der Waals surface area contributed by atoms with E-state index >= 15 is 0 Å². The number of carbonyl (C=O) groups is 1. The summed E-state index contributed by atoms with van der Waals surface area (Å²) in [7, 11) is 0. The first kappa shape index (κ1) is 13.9. The first-order chi connectivity index (χ1) is 9.10. The molecule has 7 heteroatoms. The number of amides is 1. The second-order valence-corrected chi connectivity index (χ2v) is 5.20. The van der Waals surface area contributed by atoms with Gasteiger partial charge in [-0.3, -0.25) is 10.2 Å². The molecular formula is C12H12ClN3O2S. The summed E-state index contributed by atoms with van der Waals surface area (Å²) in [4.78, 5) is 15.5. The van der Waals surface area contributed by atoms with E-state index in [4.69, 9.17) is 21.9 Å². The van der Waals surface area contributed by atoms with Crippen LogP contribution in [0.1, 0.15) is 21.9 Å². The van der Waals surface area contributed by atoms with Gasteiger partial charge in [-0.15, -0.1) is 11.8 Å². The van der Waals surface area contributed by atoms with E-state index in [1.807, 2.05) is 11.5 Å². The number of carbonyl (C=O) groups excluding carboxylic acids is 1. The van der Waals surface area contributed by atoms with E-state index in [0.717, 1.165) is 10.6 Å². The normalized spacial score (nSPS) is 10.5. The van der Waals surface area contributed by atoms with Crippen LogP contribution in [0.2, 0.25) is 5.02 Å². The topological polar surface area (TPSA) is 81.2 Å². The van der Waals surface area contributed by atoms with E-state index in [9.17, 15) is 4.79 Å². The number of furan rings is 1. The average Bonchev–Trinajstić information content (AvgIpc) is 2.79. The summed E-state index contributed by atoms with van der Waals surface area (Å²) >= 11 is 7.30. The molecule has 0 aromatic carbocycles. The van der Waals surface area contributed by atoms with Crippen molar-refractivity contribution in [3.8, 4) is 0 Å². The molecule has 0 aliphatic rings. The lowest BCUT2D eigenvalue weighted by atomic mass is 10.3. The molecule has 0 atom stereocenters. The number of nitrogens with one attached hydrogen (secondary N) is 1. The minimum absolute atomic E-state index is 0.208. The van der Waals surface area contributed by atoms with Crippen molar-refractivity contribution in [3.63, 3.8) is 0 Å². The third kappa shape index (κ3) is 3.50. The van der Waals surface area contributed by atoms with Gasteiger partial charge in [0.05, 0.1) is 10.0 Å². The van der Waals surface area contributed by atoms with Crippen LogP contribution in [-0.4, -0.2) is 10.9 Å². The number of halogens is 1. The number of rotatable bonds is 4. The van der Waals surface area contributed by atoms with Crippen molar-refractivity contribution >= 4 is 29.3 Å². The molecule has 0 saturated carbocycles. The largest absolute Gasteiger partial charge is 0.456 e. The third-order valence-corrected chi connectivity index (χ3v) is 3.67. The molecule has 5 nitrogen and oxygen atoms in total. The molecule has 2 aromatic rings. The van der Waals surface area contributed by atoms with E-state index in [2.05, 4.69) is 4.98 Å². The Morgan fingerprint density at radius 2 is 2.37 bits per heavy atom. The Balaban J connectivity index is 2.05. The first-order valence-corrected chi connectivity index (χ1v) is 6.81. The van der Waals surface area contributed by atoms with Crippen molar-refractivity contribution in [2.45, 2.75) is 17.7 Å². The van der Waals surface area contributed by atoms with Gasteiger partial charge in [0.2, 0.25) is 0 Å². The molecule has 100 valence electrons. The Kier molecular flexibility index (Phi) is 4.47. The molecule has 0 fully saturated rings. The molecule has 2 aromatic heterocycles. The smallest absolute Gasteiger partial charge is 0.300 e. The summed E-state index contributed by atoms with van der Waals surface area (Å²) in [5.41, 5.74) is 2.97. The fourth-order valence-electron chi connectivity index (χ4n) is 1.45. The maximum absolute atomic E-state index is 11.3. The van der Waals surface area contributed by atoms with Crippen molar-refractivity contribution < 1.29 is 9.21 Å². The molecule has 2 heterocycles. The molecule has 0 aliphatic heterocycles. The number of hydrogen-bond donors (Lipinski definition) is 2. The summed E-state index contributed by atoms with van der Waals surface area (Å²) < 4.78 is 5.33. The Labute approximate surface area is 119 Å². The monoisotopic (exact) mass is 297 g/mol. The number of hydrazine groups is 1. The Bertz CT molecular complexity index is 583. The molecular weight excluding hydrogens is 286 g/mol. The zero-order valence-electron chi connectivity index (χ0n) is 10.1. The standard InChI is InChI=1S/C12H12ClN3O2S/c1-7-8(4-10(18-7)12(17)16-14)6-19-11-3-2-9(13)5-15-11/h2-5H,6,14H2,1H3,(H,16,17). The quantitative estimate of drug-likeness (QED) is 0.392. The Morgan fingerprint density at radius 1 is 1.58 bits per heavy atom. The second kappa shape index (κ2) is 6.10. The van der Waals surface area contributed by atoms with Crippen LogP contribution in [0, 0.1) is 6.92 Å². The summed E-state index contributed by atoms with van der Waals surface area (Å²) in [6.45, 7) is 1.80. The number of nitrogen functional groups attached to an aromatic ring is 1. The van der Waals surface area contributed by atoms with Crippen molar-refractivity contribution in [1.29, 1.82) is 0 Å². The highest BCUT2D eigenvalue weighted by Gasteiger charge is 2.13. The summed E-state index contributed by atoms with van der Waals surface area (Å²) in [5, 5.41) is 1.46. The van der Waals surface area contributed by atoms with Gasteiger partial charge in [-0.2, -0.15) is 0 Å². The Morgan fingerprint density at radius 3 is 3.00 bits per heavy atom. The maximum Gasteiger partial charge on any atom is 0.300 e. The van der Waals surface area contributed by atoms with Crippen LogP contribution in [-0.2, 0) is 5.75 Å². The third-order valence-electron chi connectivity index (χ3n) is 2.45. The predicted octanol–water partition coefficient (Wildman–Crippen LogP) is 2.53. The van der Waals surface area contributed by atoms with Gasteiger partial charge < -0.3 is 4.42 Å². The summed E-state index contributed by atoms with van der Waals surface area (Å²) in [6, 6.07) is 5.31. The molecule has 3 N–H and O–H groups in total. The number of nitrogens with zero attached hydrogens (tertiary/aromatic N) is 1. The molecule has 0 bridgehead atoms. The van der Waals surface area contributed by atoms with Crippen LogP contribution < -0.4 is 11.3 Å². The van der Waals surface area contributed by atoms with Crippen LogP contribution >= 0.6 is 23.4 Å². The minimum atomic E-state index is -0.441. The highest BCUT2D eigenvalue weighted by atomic mass is 35.5. The van der Waals surface area contributed by atoms with Gasteiger partial charge in [0.25, 0.3) is 0 Å². The number of thioether (sulfide) groups is 1. The van der Waals surface area contributed by atoms with Crippen LogP contribution in [0.5, 0.6) is 0 Å². The van der Waals surface area contributed by atoms with Gasteiger partial charge in [0.15, 0.2) is 5.76 Å². The fraction of sp³-hybridized carbons (Fsp3) is 0.167. The van der Waals surface area contributed by atoms with Crippen LogP contribution in [0.15, 0.2) is 33.8 Å². The molecule has 0 unspecified atom stereocenters. The maximum atomic E-state index is 11.3. The molecule has 1 amide bonds. The average molecular weight is 298 g/mol. The van der Waals surface area contributed by atoms with Crippen molar-refractivity contribution in [2.24, 2.45) is 5.84 Å². The second-order valence-electron chi connectivity index (χ2n) is 3.77. The molecule has 19 heavy (non-hydrogen) atoms. The highest BCUT2D eigenvalue weighted by molar-refractivity contribution is 7.98. The summed E-state index contributed by atoms with van der Waals surface area (Å²) in [5.74, 6) is 6.17. The molecule has 0 radical (unpaired) electrons. The van der Waals surface area contributed by atoms with Crippen LogP contribution in [0.3, 0.4) is 0 Å². The SMILES string of the molecule is Cc1oc(C(=O)NN)cc1CSc1ccc(Cl)cn1. The van der Waals surface area contributed by atoms with Gasteiger partial charge in [-0.05, 0) is 25.1 Å². The number of aromatic nitrogens is 1. The van der Waals surface area contributed by atoms with Crippen molar-refractivity contribution in [2.75, 3.05) is 0 Å². The van der Waals surface area contributed by atoms with E-state index in [0.29, 0.717) is 16.5 Å². The van der Waals surface area contributed by atoms with Gasteiger partial charge in [0.1, 0.15) is 5.76 Å². The number of nitrogens with two attached hydrogens (primary N) is 1. The predicted molar refractivity (Wildman–Crippen MR) is 73.9 cm³/mol. The van der Waals surface area contributed by atoms with Gasteiger partial charge in [-0.25, -0.2) is 10.8 Å². The lowest BCUT2D eigenvalue weighted by Gasteiger charge is -1.99. The molecule has 0 saturated heterocycles. The molecule has 0 aliphatic carbocycles. The zero-order valence-corrected chi connectivity index (χ0v) is 11.7. The fourth-order valence-corrected chi connectivity index (χ4v) is 2.44.